The van der Waals surface area contributed by atoms with E-state index in [-0.39, 0.29) is 0 Å². The fourth-order valence-corrected chi connectivity index (χ4v) is 3.76. The molecule has 0 spiro atoms. The summed E-state index contributed by atoms with van der Waals surface area (Å²) in [6.07, 6.45) is 6.67. The van der Waals surface area contributed by atoms with Crippen molar-refractivity contribution in [1.82, 2.24) is 19.4 Å². The summed E-state index contributed by atoms with van der Waals surface area (Å²) >= 11 is 0. The predicted molar refractivity (Wildman–Crippen MR) is 89.8 cm³/mol. The van der Waals surface area contributed by atoms with Gasteiger partial charge in [-0.05, 0) is 36.6 Å². The Hall–Kier alpha value is -1.70. The van der Waals surface area contributed by atoms with E-state index in [1.54, 1.807) is 10.5 Å². The summed E-state index contributed by atoms with van der Waals surface area (Å²) in [5, 5.41) is 7.77. The zero-order valence-electron chi connectivity index (χ0n) is 13.2. The van der Waals surface area contributed by atoms with Crippen molar-refractivity contribution in [3.8, 4) is 5.69 Å². The SMILES string of the molecule is CS(=O)(=O)N1CCC(NCc2cccc(-n3cccn3)c2)CC1. The molecule has 1 aromatic heterocycles. The summed E-state index contributed by atoms with van der Waals surface area (Å²) in [6.45, 7) is 1.98. The number of benzene rings is 1. The first-order chi connectivity index (χ1) is 11.0. The number of sulfonamides is 1. The van der Waals surface area contributed by atoms with E-state index in [1.807, 2.05) is 29.1 Å². The van der Waals surface area contributed by atoms with Gasteiger partial charge < -0.3 is 5.32 Å². The van der Waals surface area contributed by atoms with Gasteiger partial charge in [-0.3, -0.25) is 0 Å². The van der Waals surface area contributed by atoms with Gasteiger partial charge in [0.25, 0.3) is 0 Å². The molecular weight excluding hydrogens is 312 g/mol. The summed E-state index contributed by atoms with van der Waals surface area (Å²) in [5.41, 5.74) is 2.24. The lowest BCUT2D eigenvalue weighted by molar-refractivity contribution is 0.290. The summed E-state index contributed by atoms with van der Waals surface area (Å²) in [7, 11) is -3.05. The van der Waals surface area contributed by atoms with E-state index >= 15 is 0 Å². The summed E-state index contributed by atoms with van der Waals surface area (Å²) in [5.74, 6) is 0. The van der Waals surface area contributed by atoms with E-state index in [1.165, 1.54) is 11.8 Å². The Bertz CT molecular complexity index is 735. The molecule has 1 aromatic carbocycles. The van der Waals surface area contributed by atoms with Crippen molar-refractivity contribution in [2.24, 2.45) is 0 Å². The molecule has 0 bridgehead atoms. The van der Waals surface area contributed by atoms with Crippen molar-refractivity contribution < 1.29 is 8.42 Å². The Labute approximate surface area is 137 Å². The van der Waals surface area contributed by atoms with E-state index < -0.39 is 10.0 Å². The summed E-state index contributed by atoms with van der Waals surface area (Å²) in [6, 6.07) is 10.5. The molecule has 23 heavy (non-hydrogen) atoms. The first-order valence-electron chi connectivity index (χ1n) is 7.80. The van der Waals surface area contributed by atoms with Gasteiger partial charge in [0.15, 0.2) is 0 Å². The molecule has 1 fully saturated rings. The molecule has 2 heterocycles. The van der Waals surface area contributed by atoms with Crippen molar-refractivity contribution in [3.63, 3.8) is 0 Å². The van der Waals surface area contributed by atoms with Crippen molar-refractivity contribution in [3.05, 3.63) is 48.3 Å². The molecule has 7 heteroatoms. The second-order valence-corrected chi connectivity index (χ2v) is 7.92. The highest BCUT2D eigenvalue weighted by Gasteiger charge is 2.24. The Morgan fingerprint density at radius 2 is 2.04 bits per heavy atom. The third kappa shape index (κ3) is 4.19. The molecule has 0 aliphatic carbocycles. The first-order valence-corrected chi connectivity index (χ1v) is 9.65. The number of piperidine rings is 1. The van der Waals surface area contributed by atoms with Gasteiger partial charge in [0.2, 0.25) is 10.0 Å². The number of rotatable bonds is 5. The lowest BCUT2D eigenvalue weighted by Crippen LogP contribution is -2.44. The number of nitrogens with one attached hydrogen (secondary N) is 1. The van der Waals surface area contributed by atoms with Gasteiger partial charge in [0.1, 0.15) is 0 Å². The Morgan fingerprint density at radius 1 is 1.26 bits per heavy atom. The van der Waals surface area contributed by atoms with Crippen LogP contribution in [0.25, 0.3) is 5.69 Å². The molecule has 1 aliphatic rings. The monoisotopic (exact) mass is 334 g/mol. The molecule has 1 aliphatic heterocycles. The van der Waals surface area contributed by atoms with Crippen LogP contribution in [0.15, 0.2) is 42.7 Å². The minimum Gasteiger partial charge on any atom is -0.310 e. The van der Waals surface area contributed by atoms with Gasteiger partial charge in [0.05, 0.1) is 11.9 Å². The van der Waals surface area contributed by atoms with Crippen LogP contribution < -0.4 is 5.32 Å². The van der Waals surface area contributed by atoms with Crippen LogP contribution in [0.3, 0.4) is 0 Å². The van der Waals surface area contributed by atoms with Crippen LogP contribution >= 0.6 is 0 Å². The van der Waals surface area contributed by atoms with Crippen LogP contribution in [-0.2, 0) is 16.6 Å². The standard InChI is InChI=1S/C16H22N4O2S/c1-23(21,22)19-10-6-15(7-11-19)17-13-14-4-2-5-16(12-14)20-9-3-8-18-20/h2-5,8-9,12,15,17H,6-7,10-11,13H2,1H3. The fraction of sp³-hybridized carbons (Fsp3) is 0.438. The fourth-order valence-electron chi connectivity index (χ4n) is 2.88. The van der Waals surface area contributed by atoms with Gasteiger partial charge in [0, 0.05) is 38.1 Å². The third-order valence-electron chi connectivity index (χ3n) is 4.20. The maximum absolute atomic E-state index is 11.5. The molecule has 1 N–H and O–H groups in total. The highest BCUT2D eigenvalue weighted by molar-refractivity contribution is 7.88. The highest BCUT2D eigenvalue weighted by Crippen LogP contribution is 2.15. The van der Waals surface area contributed by atoms with E-state index in [0.717, 1.165) is 25.1 Å². The molecule has 0 amide bonds. The normalized spacial score (nSPS) is 17.4. The largest absolute Gasteiger partial charge is 0.310 e. The smallest absolute Gasteiger partial charge is 0.211 e. The second kappa shape index (κ2) is 6.82. The molecule has 0 saturated carbocycles. The van der Waals surface area contributed by atoms with Gasteiger partial charge in [-0.1, -0.05) is 12.1 Å². The molecule has 124 valence electrons. The Kier molecular flexibility index (Phi) is 4.79. The van der Waals surface area contributed by atoms with Gasteiger partial charge >= 0.3 is 0 Å². The lowest BCUT2D eigenvalue weighted by Gasteiger charge is -2.30. The molecular formula is C16H22N4O2S. The van der Waals surface area contributed by atoms with E-state index in [4.69, 9.17) is 0 Å². The minimum atomic E-state index is -3.05. The third-order valence-corrected chi connectivity index (χ3v) is 5.50. The van der Waals surface area contributed by atoms with Gasteiger partial charge in [-0.15, -0.1) is 0 Å². The van der Waals surface area contributed by atoms with Crippen LogP contribution in [-0.4, -0.2) is 47.9 Å². The quantitative estimate of drug-likeness (QED) is 0.897. The summed E-state index contributed by atoms with van der Waals surface area (Å²) in [4.78, 5) is 0. The van der Waals surface area contributed by atoms with Crippen LogP contribution in [0.1, 0.15) is 18.4 Å². The lowest BCUT2D eigenvalue weighted by atomic mass is 10.1. The highest BCUT2D eigenvalue weighted by atomic mass is 32.2. The number of hydrogen-bond acceptors (Lipinski definition) is 4. The van der Waals surface area contributed by atoms with Gasteiger partial charge in [-0.2, -0.15) is 5.10 Å². The van der Waals surface area contributed by atoms with E-state index in [2.05, 4.69) is 22.5 Å². The average Bonchev–Trinajstić information content (AvgIpc) is 3.07. The number of nitrogens with zero attached hydrogens (tertiary/aromatic N) is 3. The Balaban J connectivity index is 1.55. The predicted octanol–water partition coefficient (Wildman–Crippen LogP) is 1.39. The van der Waals surface area contributed by atoms with E-state index in [9.17, 15) is 8.42 Å². The van der Waals surface area contributed by atoms with Crippen LogP contribution in [0.4, 0.5) is 0 Å². The molecule has 2 aromatic rings. The molecule has 0 unspecified atom stereocenters. The second-order valence-electron chi connectivity index (χ2n) is 5.94. The van der Waals surface area contributed by atoms with Crippen LogP contribution in [0.2, 0.25) is 0 Å². The first kappa shape index (κ1) is 16.2. The van der Waals surface area contributed by atoms with Crippen LogP contribution in [0, 0.1) is 0 Å². The summed E-state index contributed by atoms with van der Waals surface area (Å²) < 4.78 is 26.4. The van der Waals surface area contributed by atoms with Crippen molar-refractivity contribution in [2.45, 2.75) is 25.4 Å². The van der Waals surface area contributed by atoms with Crippen molar-refractivity contribution in [1.29, 1.82) is 0 Å². The maximum Gasteiger partial charge on any atom is 0.211 e. The molecule has 0 atom stereocenters. The molecule has 1 saturated heterocycles. The molecule has 0 radical (unpaired) electrons. The zero-order valence-corrected chi connectivity index (χ0v) is 14.0. The number of hydrogen-bond donors (Lipinski definition) is 1. The zero-order chi connectivity index (χ0) is 16.3. The topological polar surface area (TPSA) is 67.2 Å². The maximum atomic E-state index is 11.5. The van der Waals surface area contributed by atoms with Crippen molar-refractivity contribution in [2.75, 3.05) is 19.3 Å². The van der Waals surface area contributed by atoms with E-state index in [0.29, 0.717) is 19.1 Å². The van der Waals surface area contributed by atoms with Crippen molar-refractivity contribution >= 4 is 10.0 Å². The van der Waals surface area contributed by atoms with Gasteiger partial charge in [-0.25, -0.2) is 17.4 Å². The average molecular weight is 334 g/mol. The van der Waals surface area contributed by atoms with Crippen LogP contribution in [0.5, 0.6) is 0 Å². The minimum absolute atomic E-state index is 0.362. The number of aromatic nitrogens is 2. The molecule has 3 rings (SSSR count). The molecule has 6 nitrogen and oxygen atoms in total. The Morgan fingerprint density at radius 3 is 2.70 bits per heavy atom.